The number of ether oxygens (including phenoxy) is 1. The maximum absolute atomic E-state index is 13.9. The van der Waals surface area contributed by atoms with E-state index in [4.69, 9.17) is 4.74 Å². The largest absolute Gasteiger partial charge is 0.491 e. The highest BCUT2D eigenvalue weighted by molar-refractivity contribution is 14.0. The normalized spacial score (nSPS) is 13.4. The van der Waals surface area contributed by atoms with Crippen LogP contribution in [0.1, 0.15) is 31.2 Å². The van der Waals surface area contributed by atoms with Crippen molar-refractivity contribution in [2.45, 2.75) is 32.9 Å². The molecular formula is C19H27FIN3O2S. The lowest BCUT2D eigenvalue weighted by atomic mass is 10.1. The molecule has 0 saturated carbocycles. The van der Waals surface area contributed by atoms with Gasteiger partial charge in [0, 0.05) is 11.4 Å². The van der Waals surface area contributed by atoms with E-state index in [1.165, 1.54) is 17.4 Å². The van der Waals surface area contributed by atoms with Crippen molar-refractivity contribution in [3.63, 3.8) is 0 Å². The summed E-state index contributed by atoms with van der Waals surface area (Å²) in [4.78, 5) is 5.35. The van der Waals surface area contributed by atoms with Gasteiger partial charge in [-0.15, -0.1) is 35.3 Å². The zero-order valence-electron chi connectivity index (χ0n) is 15.8. The number of halogens is 2. The number of aliphatic hydroxyl groups is 1. The minimum Gasteiger partial charge on any atom is -0.491 e. The van der Waals surface area contributed by atoms with Crippen LogP contribution >= 0.6 is 35.3 Å². The predicted molar refractivity (Wildman–Crippen MR) is 120 cm³/mol. The van der Waals surface area contributed by atoms with Crippen LogP contribution < -0.4 is 15.4 Å². The van der Waals surface area contributed by atoms with Gasteiger partial charge in [-0.25, -0.2) is 9.38 Å². The standard InChI is InChI=1S/C19H26FN3O2S.HI/c1-4-21-18(23-13-19(3,24)17-7-6-10-26-17)22-12-14-8-9-16(25-5-2)15(20)11-14;/h6-11,24H,4-5,12-13H2,1-3H3,(H2,21,22,23);1H. The molecule has 2 rings (SSSR count). The highest BCUT2D eigenvalue weighted by Gasteiger charge is 2.24. The van der Waals surface area contributed by atoms with E-state index in [1.54, 1.807) is 19.1 Å². The third-order valence-electron chi connectivity index (χ3n) is 3.71. The van der Waals surface area contributed by atoms with Crippen molar-refractivity contribution in [3.8, 4) is 5.75 Å². The molecule has 1 heterocycles. The van der Waals surface area contributed by atoms with E-state index < -0.39 is 11.4 Å². The number of thiophene rings is 1. The summed E-state index contributed by atoms with van der Waals surface area (Å²) in [6.07, 6.45) is 0. The molecular weight excluding hydrogens is 480 g/mol. The van der Waals surface area contributed by atoms with Gasteiger partial charge >= 0.3 is 0 Å². The van der Waals surface area contributed by atoms with Crippen LogP contribution in [0.4, 0.5) is 4.39 Å². The maximum Gasteiger partial charge on any atom is 0.191 e. The van der Waals surface area contributed by atoms with E-state index in [0.29, 0.717) is 32.2 Å². The van der Waals surface area contributed by atoms with Gasteiger partial charge in [-0.3, -0.25) is 0 Å². The van der Waals surface area contributed by atoms with Crippen LogP contribution in [-0.2, 0) is 12.1 Å². The average molecular weight is 507 g/mol. The van der Waals surface area contributed by atoms with Gasteiger partial charge in [-0.2, -0.15) is 0 Å². The SMILES string of the molecule is CCNC(=NCc1ccc(OCC)c(F)c1)NCC(C)(O)c1cccs1.I. The molecule has 0 radical (unpaired) electrons. The predicted octanol–water partition coefficient (Wildman–Crippen LogP) is 3.87. The summed E-state index contributed by atoms with van der Waals surface area (Å²) in [6, 6.07) is 8.65. The molecule has 8 heteroatoms. The number of aliphatic imine (C=N–C) groups is 1. The van der Waals surface area contributed by atoms with Gasteiger partial charge in [-0.1, -0.05) is 12.1 Å². The Hall–Kier alpha value is -1.39. The van der Waals surface area contributed by atoms with Crippen LogP contribution in [0, 0.1) is 5.82 Å². The Bertz CT molecular complexity index is 724. The number of hydrogen-bond donors (Lipinski definition) is 3. The van der Waals surface area contributed by atoms with E-state index in [2.05, 4.69) is 15.6 Å². The van der Waals surface area contributed by atoms with Gasteiger partial charge in [0.05, 0.1) is 19.7 Å². The molecule has 0 fully saturated rings. The third-order valence-corrected chi connectivity index (χ3v) is 4.84. The Morgan fingerprint density at radius 1 is 1.30 bits per heavy atom. The Morgan fingerprint density at radius 2 is 2.07 bits per heavy atom. The highest BCUT2D eigenvalue weighted by atomic mass is 127. The van der Waals surface area contributed by atoms with E-state index in [-0.39, 0.29) is 29.7 Å². The van der Waals surface area contributed by atoms with Gasteiger partial charge in [0.1, 0.15) is 5.60 Å². The lowest BCUT2D eigenvalue weighted by molar-refractivity contribution is 0.0655. The topological polar surface area (TPSA) is 65.9 Å². The number of rotatable bonds is 8. The monoisotopic (exact) mass is 507 g/mol. The molecule has 5 nitrogen and oxygen atoms in total. The fourth-order valence-electron chi connectivity index (χ4n) is 2.36. The van der Waals surface area contributed by atoms with Crippen LogP contribution in [0.5, 0.6) is 5.75 Å². The molecule has 150 valence electrons. The van der Waals surface area contributed by atoms with Crippen molar-refractivity contribution in [1.29, 1.82) is 0 Å². The Morgan fingerprint density at radius 3 is 2.67 bits per heavy atom. The molecule has 1 atom stereocenters. The van der Waals surface area contributed by atoms with Gasteiger partial charge in [-0.05, 0) is 49.9 Å². The number of hydrogen-bond acceptors (Lipinski definition) is 4. The van der Waals surface area contributed by atoms with Crippen LogP contribution in [0.3, 0.4) is 0 Å². The smallest absolute Gasteiger partial charge is 0.191 e. The summed E-state index contributed by atoms with van der Waals surface area (Å²) in [6.45, 7) is 7.29. The first-order chi connectivity index (χ1) is 12.5. The second-order valence-corrected chi connectivity index (χ2v) is 6.95. The molecule has 1 unspecified atom stereocenters. The van der Waals surface area contributed by atoms with Gasteiger partial charge in [0.25, 0.3) is 0 Å². The molecule has 0 aliphatic heterocycles. The van der Waals surface area contributed by atoms with E-state index in [0.717, 1.165) is 10.4 Å². The van der Waals surface area contributed by atoms with Crippen LogP contribution in [-0.4, -0.2) is 30.8 Å². The first-order valence-electron chi connectivity index (χ1n) is 8.66. The minimum atomic E-state index is -0.990. The van der Waals surface area contributed by atoms with Crippen LogP contribution in [0.2, 0.25) is 0 Å². The van der Waals surface area contributed by atoms with E-state index >= 15 is 0 Å². The molecule has 0 aliphatic carbocycles. The second-order valence-electron chi connectivity index (χ2n) is 6.00. The zero-order chi connectivity index (χ0) is 19.0. The van der Waals surface area contributed by atoms with Crippen molar-refractivity contribution in [1.82, 2.24) is 10.6 Å². The highest BCUT2D eigenvalue weighted by Crippen LogP contribution is 2.24. The number of nitrogens with one attached hydrogen (secondary N) is 2. The molecule has 0 bridgehead atoms. The summed E-state index contributed by atoms with van der Waals surface area (Å²) < 4.78 is 19.1. The molecule has 2 aromatic rings. The lowest BCUT2D eigenvalue weighted by Crippen LogP contribution is -2.44. The first kappa shape index (κ1) is 23.6. The van der Waals surface area contributed by atoms with Crippen LogP contribution in [0.25, 0.3) is 0 Å². The summed E-state index contributed by atoms with van der Waals surface area (Å²) in [5.41, 5.74) is -0.247. The fourth-order valence-corrected chi connectivity index (χ4v) is 3.14. The lowest BCUT2D eigenvalue weighted by Gasteiger charge is -2.23. The fraction of sp³-hybridized carbons (Fsp3) is 0.421. The summed E-state index contributed by atoms with van der Waals surface area (Å²) >= 11 is 1.51. The molecule has 0 saturated heterocycles. The Labute approximate surface area is 181 Å². The Kier molecular flexibility index (Phi) is 10.0. The van der Waals surface area contributed by atoms with Crippen molar-refractivity contribution < 1.29 is 14.2 Å². The summed E-state index contributed by atoms with van der Waals surface area (Å²) in [7, 11) is 0. The number of benzene rings is 1. The van der Waals surface area contributed by atoms with E-state index in [1.807, 2.05) is 31.4 Å². The molecule has 0 aliphatic rings. The van der Waals surface area contributed by atoms with Gasteiger partial charge in [0.15, 0.2) is 17.5 Å². The molecule has 1 aromatic carbocycles. The number of nitrogens with zero attached hydrogens (tertiary/aromatic N) is 1. The van der Waals surface area contributed by atoms with Crippen molar-refractivity contribution in [2.75, 3.05) is 19.7 Å². The number of guanidine groups is 1. The minimum absolute atomic E-state index is 0. The zero-order valence-corrected chi connectivity index (χ0v) is 18.9. The molecule has 0 spiro atoms. The Balaban J connectivity index is 0.00000364. The summed E-state index contributed by atoms with van der Waals surface area (Å²) in [5.74, 6) is 0.425. The summed E-state index contributed by atoms with van der Waals surface area (Å²) in [5, 5.41) is 18.8. The third kappa shape index (κ3) is 7.27. The molecule has 0 amide bonds. The van der Waals surface area contributed by atoms with Crippen molar-refractivity contribution in [3.05, 3.63) is 52.0 Å². The average Bonchev–Trinajstić information content (AvgIpc) is 3.15. The van der Waals surface area contributed by atoms with Gasteiger partial charge < -0.3 is 20.5 Å². The first-order valence-corrected chi connectivity index (χ1v) is 9.54. The van der Waals surface area contributed by atoms with Gasteiger partial charge in [0.2, 0.25) is 0 Å². The molecule has 27 heavy (non-hydrogen) atoms. The van der Waals surface area contributed by atoms with Crippen molar-refractivity contribution >= 4 is 41.3 Å². The van der Waals surface area contributed by atoms with E-state index in [9.17, 15) is 9.50 Å². The van der Waals surface area contributed by atoms with Crippen LogP contribution in [0.15, 0.2) is 40.7 Å². The second kappa shape index (κ2) is 11.5. The quantitative estimate of drug-likeness (QED) is 0.289. The molecule has 1 aromatic heterocycles. The van der Waals surface area contributed by atoms with Crippen molar-refractivity contribution in [2.24, 2.45) is 4.99 Å². The molecule has 3 N–H and O–H groups in total. The maximum atomic E-state index is 13.9.